The van der Waals surface area contributed by atoms with Crippen molar-refractivity contribution in [2.45, 2.75) is 165 Å². The normalized spacial score (nSPS) is 24.4. The molecule has 12 atom stereocenters. The van der Waals surface area contributed by atoms with E-state index in [1.54, 1.807) is 60.7 Å². The Bertz CT molecular complexity index is 2240. The van der Waals surface area contributed by atoms with Crippen LogP contribution in [0, 0.1) is 0 Å². The van der Waals surface area contributed by atoms with Gasteiger partial charge in [0.2, 0.25) is 0 Å². The van der Waals surface area contributed by atoms with Crippen LogP contribution in [0.25, 0.3) is 0 Å². The lowest BCUT2D eigenvalue weighted by molar-refractivity contribution is -0.323. The van der Waals surface area contributed by atoms with Crippen molar-refractivity contribution in [2.24, 2.45) is 0 Å². The Hall–Kier alpha value is -5.46. The first-order chi connectivity index (χ1) is 34.9. The largest absolute Gasteiger partial charge is 0.466 e. The Morgan fingerprint density at radius 1 is 0.595 bits per heavy atom. The van der Waals surface area contributed by atoms with E-state index < -0.39 is 131 Å². The van der Waals surface area contributed by atoms with E-state index in [0.29, 0.717) is 11.1 Å². The number of nitrogens with one attached hydrogen (secondary N) is 3. The highest BCUT2D eigenvalue weighted by Gasteiger charge is 2.56. The van der Waals surface area contributed by atoms with Gasteiger partial charge in [0.05, 0.1) is 57.1 Å². The number of halogens is 3. The second-order valence-corrected chi connectivity index (χ2v) is 19.5. The number of carbonyl (C=O) groups excluding carboxylic acids is 9. The van der Waals surface area contributed by atoms with Gasteiger partial charge in [-0.15, -0.1) is 0 Å². The highest BCUT2D eigenvalue weighted by Crippen LogP contribution is 2.35. The lowest BCUT2D eigenvalue weighted by Crippen LogP contribution is -2.70. The summed E-state index contributed by atoms with van der Waals surface area (Å²) in [5.74, 6) is -7.09. The molecule has 2 saturated heterocycles. The van der Waals surface area contributed by atoms with E-state index >= 15 is 0 Å². The Morgan fingerprint density at radius 3 is 1.46 bits per heavy atom. The fraction of sp³-hybridized carbons (Fsp3) is 0.571. The minimum Gasteiger partial charge on any atom is -0.466 e. The SMILES string of the molecule is CC(=O)CCC(=O)O[C@@H]1[C@@H](O[C@@H]2C(C(=O)NC(Cl)(Cl)Cl)O[C@H](C)[C@@H](NC(=O)[C@@H](CCOC(C)=O)OC(C)=O)[C@@H]2OCc2ccccc2)O[C@H](C)[C@@H](NC(=O)[C@@H](CCOC(C)=O)OC(C)=O)[C@@H]1OCc1ccccc1. The predicted molar refractivity (Wildman–Crippen MR) is 259 cm³/mol. The number of amides is 3. The molecule has 408 valence electrons. The first-order valence-corrected chi connectivity index (χ1v) is 24.6. The average Bonchev–Trinajstić information content (AvgIpc) is 3.31. The summed E-state index contributed by atoms with van der Waals surface area (Å²) in [4.78, 5) is 116. The quantitative estimate of drug-likeness (QED) is 0.0555. The third kappa shape index (κ3) is 20.3. The fourth-order valence-electron chi connectivity index (χ4n) is 7.83. The zero-order valence-corrected chi connectivity index (χ0v) is 44.0. The molecular formula is C49H62Cl3N3O19. The van der Waals surface area contributed by atoms with Gasteiger partial charge in [-0.05, 0) is 31.9 Å². The summed E-state index contributed by atoms with van der Waals surface area (Å²) < 4.78 is 57.0. The number of carbonyl (C=O) groups is 9. The second kappa shape index (κ2) is 29.6. The molecule has 0 spiro atoms. The second-order valence-electron chi connectivity index (χ2n) is 17.3. The van der Waals surface area contributed by atoms with Crippen LogP contribution >= 0.6 is 34.8 Å². The van der Waals surface area contributed by atoms with Crippen LogP contribution in [0.15, 0.2) is 60.7 Å². The monoisotopic (exact) mass is 1100 g/mol. The van der Waals surface area contributed by atoms with E-state index in [9.17, 15) is 43.2 Å². The number of rotatable bonds is 25. The minimum atomic E-state index is -2.41. The molecule has 2 aliphatic heterocycles. The van der Waals surface area contributed by atoms with E-state index in [1.165, 1.54) is 20.8 Å². The van der Waals surface area contributed by atoms with E-state index in [1.807, 2.05) is 0 Å². The van der Waals surface area contributed by atoms with Gasteiger partial charge in [-0.1, -0.05) is 95.5 Å². The maximum atomic E-state index is 14.3. The molecule has 0 aromatic heterocycles. The van der Waals surface area contributed by atoms with E-state index in [4.69, 9.17) is 82.2 Å². The van der Waals surface area contributed by atoms with Crippen LogP contribution in [0.5, 0.6) is 0 Å². The van der Waals surface area contributed by atoms with Crippen LogP contribution in [0.1, 0.15) is 85.3 Å². The van der Waals surface area contributed by atoms with Crippen molar-refractivity contribution in [1.82, 2.24) is 16.0 Å². The summed E-state index contributed by atoms with van der Waals surface area (Å²) in [7, 11) is 0. The molecule has 74 heavy (non-hydrogen) atoms. The summed E-state index contributed by atoms with van der Waals surface area (Å²) >= 11 is 18.2. The molecule has 22 nitrogen and oxygen atoms in total. The Labute approximate surface area is 442 Å². The van der Waals surface area contributed by atoms with Crippen LogP contribution in [0.4, 0.5) is 0 Å². The number of hydrogen-bond acceptors (Lipinski definition) is 19. The van der Waals surface area contributed by atoms with Crippen LogP contribution in [0.2, 0.25) is 0 Å². The lowest BCUT2D eigenvalue weighted by atomic mass is 9.91. The van der Waals surface area contributed by atoms with Gasteiger partial charge in [0.15, 0.2) is 30.7 Å². The van der Waals surface area contributed by atoms with E-state index in [-0.39, 0.29) is 51.5 Å². The number of esters is 5. The third-order valence-corrected chi connectivity index (χ3v) is 11.5. The Morgan fingerprint density at radius 2 is 1.04 bits per heavy atom. The van der Waals surface area contributed by atoms with Gasteiger partial charge in [-0.25, -0.2) is 0 Å². The molecule has 3 amide bonds. The maximum absolute atomic E-state index is 14.3. The highest BCUT2D eigenvalue weighted by atomic mass is 35.6. The zero-order chi connectivity index (χ0) is 54.7. The predicted octanol–water partition coefficient (Wildman–Crippen LogP) is 3.54. The molecule has 2 aliphatic rings. The molecule has 2 fully saturated rings. The molecule has 3 N–H and O–H groups in total. The van der Waals surface area contributed by atoms with Crippen molar-refractivity contribution in [2.75, 3.05) is 13.2 Å². The lowest BCUT2D eigenvalue weighted by Gasteiger charge is -2.49. The molecule has 0 aliphatic carbocycles. The molecule has 2 aromatic carbocycles. The number of Topliss-reactive ketones (excluding diaryl/α,β-unsaturated/α-hetero) is 1. The van der Waals surface area contributed by atoms with Gasteiger partial charge in [0.1, 0.15) is 24.1 Å². The first kappa shape index (κ1) is 61.1. The fourth-order valence-corrected chi connectivity index (χ4v) is 8.11. The standard InChI is InChI=1S/C49H62Cl3N3O19/c1-26(56)18-19-37(61)73-44-41(68-25-34-16-12-9-13-17-34)39(54-46(63)36(72-32(7)60)21-23-66-30(5)58)28(3)70-48(44)74-42-40(67-24-33-14-10-8-11-15-33)38(27(2)69-43(42)47(64)55-49(50,51)52)53-45(62)35(71-31(6)59)20-22-65-29(4)57/h8-17,27-28,35-36,38-44,48H,18-25H2,1-7H3,(H,53,62)(H,54,63)(H,55,64)/t27-,28-,35-,36-,38-,39-,40+,41+,42+,43?,44+,48-/m1/s1. The van der Waals surface area contributed by atoms with E-state index in [0.717, 1.165) is 27.7 Å². The summed E-state index contributed by atoms with van der Waals surface area (Å²) in [5.41, 5.74) is 1.24. The average molecular weight is 1100 g/mol. The van der Waals surface area contributed by atoms with Crippen molar-refractivity contribution < 1.29 is 90.5 Å². The van der Waals surface area contributed by atoms with Crippen LogP contribution in [0.3, 0.4) is 0 Å². The number of benzene rings is 2. The van der Waals surface area contributed by atoms with Crippen LogP contribution in [-0.2, 0) is 104 Å². The maximum Gasteiger partial charge on any atom is 0.306 e. The van der Waals surface area contributed by atoms with Crippen molar-refractivity contribution >= 4 is 88.2 Å². The molecule has 4 rings (SSSR count). The number of ether oxygens (including phenoxy) is 10. The van der Waals surface area contributed by atoms with Gasteiger partial charge >= 0.3 is 29.8 Å². The van der Waals surface area contributed by atoms with Crippen LogP contribution in [-0.4, -0.2) is 144 Å². The number of alkyl halides is 3. The van der Waals surface area contributed by atoms with Crippen molar-refractivity contribution in [3.63, 3.8) is 0 Å². The highest BCUT2D eigenvalue weighted by molar-refractivity contribution is 6.67. The smallest absolute Gasteiger partial charge is 0.306 e. The zero-order valence-electron chi connectivity index (χ0n) is 41.7. The molecule has 2 aromatic rings. The number of ketones is 1. The van der Waals surface area contributed by atoms with Crippen molar-refractivity contribution in [3.05, 3.63) is 71.8 Å². The minimum absolute atomic E-state index is 0.172. The van der Waals surface area contributed by atoms with Gasteiger partial charge in [0, 0.05) is 47.0 Å². The van der Waals surface area contributed by atoms with E-state index in [2.05, 4.69) is 16.0 Å². The summed E-state index contributed by atoms with van der Waals surface area (Å²) in [6.07, 6.45) is -16.5. The van der Waals surface area contributed by atoms with Gasteiger partial charge in [0.25, 0.3) is 21.6 Å². The molecular weight excluding hydrogens is 1040 g/mol. The molecule has 25 heteroatoms. The summed E-state index contributed by atoms with van der Waals surface area (Å²) in [5, 5.41) is 7.78. The molecule has 0 radical (unpaired) electrons. The molecule has 0 saturated carbocycles. The topological polar surface area (TPSA) is 282 Å². The van der Waals surface area contributed by atoms with Gasteiger partial charge in [-0.3, -0.25) is 38.4 Å². The Balaban J connectivity index is 1.89. The first-order valence-electron chi connectivity index (χ1n) is 23.5. The van der Waals surface area contributed by atoms with Crippen molar-refractivity contribution in [1.29, 1.82) is 0 Å². The van der Waals surface area contributed by atoms with Gasteiger partial charge in [-0.2, -0.15) is 0 Å². The van der Waals surface area contributed by atoms with Crippen LogP contribution < -0.4 is 16.0 Å². The molecule has 2 heterocycles. The van der Waals surface area contributed by atoms with Crippen molar-refractivity contribution in [3.8, 4) is 0 Å². The Kier molecular flexibility index (Phi) is 24.4. The number of hydrogen-bond donors (Lipinski definition) is 3. The molecule has 0 bridgehead atoms. The summed E-state index contributed by atoms with van der Waals surface area (Å²) in [6.45, 7) is 7.77. The molecule has 1 unspecified atom stereocenters. The third-order valence-electron chi connectivity index (χ3n) is 11.2. The summed E-state index contributed by atoms with van der Waals surface area (Å²) in [6, 6.07) is 14.9. The van der Waals surface area contributed by atoms with Gasteiger partial charge < -0.3 is 68.1 Å².